The lowest BCUT2D eigenvalue weighted by Gasteiger charge is -2.62. The molecular formula is C36H28Cl2N2O2. The second kappa shape index (κ2) is 10.4. The average molecular weight is 592 g/mol. The van der Waals surface area contributed by atoms with Gasteiger partial charge in [0.2, 0.25) is 0 Å². The van der Waals surface area contributed by atoms with E-state index in [9.17, 15) is 10.5 Å². The van der Waals surface area contributed by atoms with Gasteiger partial charge in [-0.15, -0.1) is 0 Å². The molecule has 0 N–H and O–H groups in total. The zero-order valence-electron chi connectivity index (χ0n) is 22.9. The Morgan fingerprint density at radius 2 is 1.00 bits per heavy atom. The highest BCUT2D eigenvalue weighted by Gasteiger charge is 2.58. The monoisotopic (exact) mass is 590 g/mol. The van der Waals surface area contributed by atoms with Gasteiger partial charge < -0.3 is 9.47 Å². The molecule has 0 aromatic heterocycles. The van der Waals surface area contributed by atoms with Gasteiger partial charge in [-0.05, 0) is 121 Å². The zero-order chi connectivity index (χ0) is 28.9. The van der Waals surface area contributed by atoms with Crippen molar-refractivity contribution in [3.8, 4) is 35.1 Å². The van der Waals surface area contributed by atoms with Crippen molar-refractivity contribution in [3.05, 3.63) is 117 Å². The van der Waals surface area contributed by atoms with Crippen LogP contribution in [0.2, 0.25) is 10.0 Å². The molecule has 0 atom stereocenters. The molecule has 4 aromatic rings. The van der Waals surface area contributed by atoms with Crippen molar-refractivity contribution in [2.75, 3.05) is 0 Å². The Morgan fingerprint density at radius 1 is 0.595 bits per heavy atom. The minimum absolute atomic E-state index is 0.147. The van der Waals surface area contributed by atoms with Crippen LogP contribution in [0.3, 0.4) is 0 Å². The average Bonchev–Trinajstić information content (AvgIpc) is 2.97. The molecule has 0 spiro atoms. The summed E-state index contributed by atoms with van der Waals surface area (Å²) in [5.41, 5.74) is 3.75. The molecule has 208 valence electrons. The van der Waals surface area contributed by atoms with Gasteiger partial charge in [0.15, 0.2) is 0 Å². The molecule has 0 amide bonds. The fraction of sp³-hybridized carbons (Fsp3) is 0.278. The maximum atomic E-state index is 9.51. The fourth-order valence-electron chi connectivity index (χ4n) is 8.34. The maximum absolute atomic E-state index is 9.51. The van der Waals surface area contributed by atoms with Gasteiger partial charge in [-0.1, -0.05) is 59.6 Å². The van der Waals surface area contributed by atoms with E-state index in [2.05, 4.69) is 36.4 Å². The van der Waals surface area contributed by atoms with Gasteiger partial charge in [-0.2, -0.15) is 10.5 Å². The van der Waals surface area contributed by atoms with Crippen molar-refractivity contribution in [2.45, 2.75) is 49.4 Å². The Labute approximate surface area is 256 Å². The summed E-state index contributed by atoms with van der Waals surface area (Å²) in [6.45, 7) is 0. The van der Waals surface area contributed by atoms with Crippen LogP contribution in [-0.4, -0.2) is 0 Å². The molecule has 0 aliphatic heterocycles. The van der Waals surface area contributed by atoms with Crippen molar-refractivity contribution in [1.29, 1.82) is 10.5 Å². The summed E-state index contributed by atoms with van der Waals surface area (Å²) in [5.74, 6) is 3.77. The molecule has 0 unspecified atom stereocenters. The van der Waals surface area contributed by atoms with E-state index in [4.69, 9.17) is 32.7 Å². The molecule has 4 nitrogen and oxygen atoms in total. The third kappa shape index (κ3) is 4.60. The Kier molecular flexibility index (Phi) is 6.66. The van der Waals surface area contributed by atoms with Crippen LogP contribution in [0.5, 0.6) is 23.0 Å². The summed E-state index contributed by atoms with van der Waals surface area (Å²) in [5, 5.41) is 19.8. The SMILES string of the molecule is N#Cc1c(Cl)cccc1Oc1ccc(C23CC4CC(C2)CC(c2ccc(Oc5cccc(Cl)c5C#N)cc2)(C4)C3)cc1. The lowest BCUT2D eigenvalue weighted by Crippen LogP contribution is -2.55. The Morgan fingerprint density at radius 3 is 1.38 bits per heavy atom. The van der Waals surface area contributed by atoms with Crippen molar-refractivity contribution in [2.24, 2.45) is 11.8 Å². The summed E-state index contributed by atoms with van der Waals surface area (Å²) in [6.07, 6.45) is 7.36. The molecule has 0 saturated heterocycles. The summed E-state index contributed by atoms with van der Waals surface area (Å²) >= 11 is 12.4. The van der Waals surface area contributed by atoms with E-state index in [1.54, 1.807) is 36.4 Å². The molecule has 8 rings (SSSR count). The van der Waals surface area contributed by atoms with E-state index in [1.165, 1.54) is 43.2 Å². The van der Waals surface area contributed by atoms with Crippen molar-refractivity contribution < 1.29 is 9.47 Å². The third-order valence-electron chi connectivity index (χ3n) is 9.62. The number of hydrogen-bond donors (Lipinski definition) is 0. The highest BCUT2D eigenvalue weighted by molar-refractivity contribution is 6.32. The van der Waals surface area contributed by atoms with Crippen LogP contribution in [-0.2, 0) is 10.8 Å². The molecule has 0 radical (unpaired) electrons. The molecule has 6 heteroatoms. The van der Waals surface area contributed by atoms with Gasteiger partial charge in [0.25, 0.3) is 0 Å². The van der Waals surface area contributed by atoms with Gasteiger partial charge in [0.05, 0.1) is 10.0 Å². The number of nitrogens with zero attached hydrogens (tertiary/aromatic N) is 2. The molecule has 42 heavy (non-hydrogen) atoms. The lowest BCUT2D eigenvalue weighted by molar-refractivity contribution is -0.0281. The van der Waals surface area contributed by atoms with Crippen LogP contribution in [0, 0.1) is 34.5 Å². The van der Waals surface area contributed by atoms with E-state index in [0.29, 0.717) is 56.0 Å². The second-order valence-electron chi connectivity index (χ2n) is 12.2. The first-order valence-corrected chi connectivity index (χ1v) is 15.1. The van der Waals surface area contributed by atoms with Crippen LogP contribution in [0.25, 0.3) is 0 Å². The number of nitriles is 2. The number of benzene rings is 4. The normalized spacial score (nSPS) is 25.4. The summed E-state index contributed by atoms with van der Waals surface area (Å²) in [6, 6.07) is 31.8. The molecule has 4 saturated carbocycles. The van der Waals surface area contributed by atoms with Crippen molar-refractivity contribution >= 4 is 23.2 Å². The van der Waals surface area contributed by atoms with E-state index >= 15 is 0 Å². The lowest BCUT2D eigenvalue weighted by atomic mass is 9.42. The predicted molar refractivity (Wildman–Crippen MR) is 163 cm³/mol. The first-order valence-electron chi connectivity index (χ1n) is 14.3. The highest BCUT2D eigenvalue weighted by Crippen LogP contribution is 2.66. The quantitative estimate of drug-likeness (QED) is 0.224. The largest absolute Gasteiger partial charge is 0.456 e. The Hall–Kier alpha value is -3.96. The van der Waals surface area contributed by atoms with Crippen molar-refractivity contribution in [3.63, 3.8) is 0 Å². The minimum Gasteiger partial charge on any atom is -0.456 e. The first kappa shape index (κ1) is 26.9. The van der Waals surface area contributed by atoms with Crippen LogP contribution >= 0.6 is 23.2 Å². The number of rotatable bonds is 6. The molecule has 0 heterocycles. The number of ether oxygens (including phenoxy) is 2. The van der Waals surface area contributed by atoms with Gasteiger partial charge in [-0.25, -0.2) is 0 Å². The summed E-state index contributed by atoms with van der Waals surface area (Å²) in [7, 11) is 0. The van der Waals surface area contributed by atoms with E-state index in [0.717, 1.165) is 6.42 Å². The Bertz CT molecular complexity index is 1610. The third-order valence-corrected chi connectivity index (χ3v) is 10.3. The van der Waals surface area contributed by atoms with E-state index in [-0.39, 0.29) is 10.8 Å². The van der Waals surface area contributed by atoms with Gasteiger partial charge in [-0.3, -0.25) is 0 Å². The van der Waals surface area contributed by atoms with Gasteiger partial charge in [0.1, 0.15) is 46.3 Å². The molecule has 4 aliphatic carbocycles. The standard InChI is InChI=1S/C36H28Cl2N2O2/c37-31-3-1-5-33(29(31)20-39)41-27-11-7-25(8-12-27)35-16-23-15-24(17-35)19-36(18-23,22-35)26-9-13-28(14-10-26)42-34-6-2-4-32(38)30(34)21-40/h1-14,23-24H,15-19,22H2. The van der Waals surface area contributed by atoms with Crippen LogP contribution < -0.4 is 9.47 Å². The van der Waals surface area contributed by atoms with Gasteiger partial charge >= 0.3 is 0 Å². The smallest absolute Gasteiger partial charge is 0.146 e. The number of hydrogen-bond acceptors (Lipinski definition) is 4. The van der Waals surface area contributed by atoms with Gasteiger partial charge in [0, 0.05) is 0 Å². The summed E-state index contributed by atoms with van der Waals surface area (Å²) in [4.78, 5) is 0. The van der Waals surface area contributed by atoms with E-state index < -0.39 is 0 Å². The maximum Gasteiger partial charge on any atom is 0.146 e. The van der Waals surface area contributed by atoms with Crippen molar-refractivity contribution in [1.82, 2.24) is 0 Å². The predicted octanol–water partition coefficient (Wildman–Crippen LogP) is 10.1. The second-order valence-corrected chi connectivity index (χ2v) is 13.0. The summed E-state index contributed by atoms with van der Waals surface area (Å²) < 4.78 is 12.2. The first-order chi connectivity index (χ1) is 20.4. The zero-order valence-corrected chi connectivity index (χ0v) is 24.5. The molecular weight excluding hydrogens is 563 g/mol. The topological polar surface area (TPSA) is 66.0 Å². The molecule has 4 aliphatic rings. The van der Waals surface area contributed by atoms with Crippen LogP contribution in [0.15, 0.2) is 84.9 Å². The van der Waals surface area contributed by atoms with E-state index in [1.807, 2.05) is 24.3 Å². The molecule has 4 bridgehead atoms. The molecule has 4 fully saturated rings. The minimum atomic E-state index is 0.147. The Balaban J connectivity index is 1.14. The van der Waals surface area contributed by atoms with Crippen LogP contribution in [0.4, 0.5) is 0 Å². The number of halogens is 2. The highest BCUT2D eigenvalue weighted by atomic mass is 35.5. The molecule has 4 aromatic carbocycles. The fourth-order valence-corrected chi connectivity index (χ4v) is 8.76. The van der Waals surface area contributed by atoms with Crippen LogP contribution in [0.1, 0.15) is 60.8 Å².